The van der Waals surface area contributed by atoms with Gasteiger partial charge in [0.05, 0.1) is 13.2 Å². The van der Waals surface area contributed by atoms with E-state index >= 15 is 0 Å². The van der Waals surface area contributed by atoms with Crippen molar-refractivity contribution in [2.75, 3.05) is 24.6 Å². The van der Waals surface area contributed by atoms with Gasteiger partial charge in [-0.25, -0.2) is 9.48 Å². The first-order chi connectivity index (χ1) is 13.1. The third-order valence-corrected chi connectivity index (χ3v) is 6.02. The first-order valence-corrected chi connectivity index (χ1v) is 10.5. The van der Waals surface area contributed by atoms with Gasteiger partial charge in [-0.1, -0.05) is 15.9 Å². The minimum Gasteiger partial charge on any atom is -1.00 e. The summed E-state index contributed by atoms with van der Waals surface area (Å²) in [6.07, 6.45) is 4.47. The second kappa shape index (κ2) is 8.97. The number of ether oxygens (including phenoxy) is 1. The zero-order valence-corrected chi connectivity index (χ0v) is 19.2. The smallest absolute Gasteiger partial charge is 0.271 e. The largest absolute Gasteiger partial charge is 1.00 e. The van der Waals surface area contributed by atoms with Crippen molar-refractivity contribution in [3.63, 3.8) is 0 Å². The molecule has 0 saturated carbocycles. The summed E-state index contributed by atoms with van der Waals surface area (Å²) >= 11 is 3.52. The summed E-state index contributed by atoms with van der Waals surface area (Å²) < 4.78 is 8.85. The lowest BCUT2D eigenvalue weighted by molar-refractivity contribution is -0.658. The van der Waals surface area contributed by atoms with Crippen LogP contribution in [0.5, 0.6) is 5.75 Å². The van der Waals surface area contributed by atoms with Gasteiger partial charge in [0, 0.05) is 16.5 Å². The van der Waals surface area contributed by atoms with Crippen LogP contribution < -0.4 is 26.6 Å². The maximum absolute atomic E-state index is 11.8. The fourth-order valence-electron chi connectivity index (χ4n) is 4.16. The minimum absolute atomic E-state index is 0. The standard InChI is InChI=1S/C22H26BrN2O2.BrH/c1-2-27-20-13-7-17(8-14-20)22(26)16-24(19-11-9-18(23)10-12-19)21-6-4-3-5-15-25(21)22;/h7-14,26H,2-6,15-16H2,1H3;1H/q+1;/p-1. The normalized spacial score (nSPS) is 21.8. The number of rotatable bonds is 4. The van der Waals surface area contributed by atoms with Gasteiger partial charge in [0.2, 0.25) is 0 Å². The molecule has 0 saturated heterocycles. The van der Waals surface area contributed by atoms with E-state index in [0.29, 0.717) is 13.2 Å². The number of benzene rings is 2. The summed E-state index contributed by atoms with van der Waals surface area (Å²) in [4.78, 5) is 2.29. The predicted molar refractivity (Wildman–Crippen MR) is 112 cm³/mol. The third kappa shape index (κ3) is 4.00. The molecule has 0 bridgehead atoms. The summed E-state index contributed by atoms with van der Waals surface area (Å²) in [5.74, 6) is 2.07. The average molecular weight is 510 g/mol. The molecule has 1 atom stereocenters. The summed E-state index contributed by atoms with van der Waals surface area (Å²) in [6.45, 7) is 4.04. The van der Waals surface area contributed by atoms with Crippen molar-refractivity contribution >= 4 is 27.5 Å². The van der Waals surface area contributed by atoms with Crippen molar-refractivity contribution < 1.29 is 31.4 Å². The molecule has 1 unspecified atom stereocenters. The van der Waals surface area contributed by atoms with Gasteiger partial charge in [0.1, 0.15) is 11.4 Å². The Morgan fingerprint density at radius 3 is 2.46 bits per heavy atom. The molecule has 0 amide bonds. The molecule has 4 nitrogen and oxygen atoms in total. The molecular formula is C22H26Br2N2O2. The number of hydrogen-bond donors (Lipinski definition) is 1. The molecule has 0 aliphatic carbocycles. The summed E-state index contributed by atoms with van der Waals surface area (Å²) in [5.41, 5.74) is 1.03. The van der Waals surface area contributed by atoms with Crippen molar-refractivity contribution in [2.24, 2.45) is 0 Å². The van der Waals surface area contributed by atoms with E-state index in [1.54, 1.807) is 0 Å². The van der Waals surface area contributed by atoms with Crippen LogP contribution >= 0.6 is 15.9 Å². The number of anilines is 1. The van der Waals surface area contributed by atoms with Gasteiger partial charge in [-0.3, -0.25) is 0 Å². The zero-order chi connectivity index (χ0) is 18.9. The molecule has 1 N–H and O–H groups in total. The molecule has 150 valence electrons. The second-order valence-corrected chi connectivity index (χ2v) is 8.13. The van der Waals surface area contributed by atoms with E-state index in [1.807, 2.05) is 31.2 Å². The molecule has 2 aromatic carbocycles. The Labute approximate surface area is 185 Å². The van der Waals surface area contributed by atoms with Gasteiger partial charge >= 0.3 is 0 Å². The molecular weight excluding hydrogens is 484 g/mol. The molecule has 0 fully saturated rings. The monoisotopic (exact) mass is 508 g/mol. The summed E-state index contributed by atoms with van der Waals surface area (Å²) in [6, 6.07) is 16.3. The number of halogens is 2. The van der Waals surface area contributed by atoms with Gasteiger partial charge in [0.25, 0.3) is 11.6 Å². The van der Waals surface area contributed by atoms with Crippen LogP contribution in [-0.4, -0.2) is 35.2 Å². The van der Waals surface area contributed by atoms with Gasteiger partial charge in [-0.2, -0.15) is 0 Å². The summed E-state index contributed by atoms with van der Waals surface area (Å²) in [7, 11) is 0. The van der Waals surface area contributed by atoms with E-state index in [1.165, 1.54) is 12.3 Å². The van der Waals surface area contributed by atoms with Crippen LogP contribution in [0.2, 0.25) is 0 Å². The van der Waals surface area contributed by atoms with Crippen molar-refractivity contribution in [1.29, 1.82) is 0 Å². The Kier molecular flexibility index (Phi) is 6.84. The Balaban J connectivity index is 0.00000225. The Bertz CT molecular complexity index is 837. The first kappa shape index (κ1) is 21.3. The molecule has 2 heterocycles. The van der Waals surface area contributed by atoms with E-state index in [9.17, 15) is 5.11 Å². The van der Waals surface area contributed by atoms with Gasteiger partial charge in [-0.15, -0.1) is 0 Å². The van der Waals surface area contributed by atoms with Gasteiger partial charge < -0.3 is 26.8 Å². The van der Waals surface area contributed by atoms with Gasteiger partial charge in [0.15, 0.2) is 6.54 Å². The fraction of sp³-hybridized carbons (Fsp3) is 0.409. The quantitative estimate of drug-likeness (QED) is 0.634. The number of hydrogen-bond acceptors (Lipinski definition) is 3. The molecule has 4 rings (SSSR count). The highest BCUT2D eigenvalue weighted by molar-refractivity contribution is 9.10. The van der Waals surface area contributed by atoms with E-state index in [0.717, 1.165) is 47.3 Å². The third-order valence-electron chi connectivity index (χ3n) is 5.50. The zero-order valence-electron chi connectivity index (χ0n) is 16.1. The van der Waals surface area contributed by atoms with Gasteiger partial charge in [-0.05, 0) is 74.7 Å². The highest BCUT2D eigenvalue weighted by Crippen LogP contribution is 2.36. The van der Waals surface area contributed by atoms with Crippen molar-refractivity contribution in [3.05, 3.63) is 58.6 Å². The molecule has 0 aromatic heterocycles. The van der Waals surface area contributed by atoms with E-state index in [4.69, 9.17) is 4.74 Å². The van der Waals surface area contributed by atoms with Crippen LogP contribution in [0.25, 0.3) is 0 Å². The molecule has 6 heteroatoms. The Hall–Kier alpha value is -1.37. The number of nitrogens with zero attached hydrogens (tertiary/aromatic N) is 2. The highest BCUT2D eigenvalue weighted by atomic mass is 79.9. The van der Waals surface area contributed by atoms with E-state index in [-0.39, 0.29) is 17.0 Å². The number of β-amino-alcohol motifs (C(OH)–C–C–N with tert-alkyl or cyclic N) is 1. The lowest BCUT2D eigenvalue weighted by Gasteiger charge is -2.23. The lowest BCUT2D eigenvalue weighted by Crippen LogP contribution is -3.00. The Morgan fingerprint density at radius 2 is 1.79 bits per heavy atom. The molecule has 0 radical (unpaired) electrons. The average Bonchev–Trinajstić information content (AvgIpc) is 2.84. The lowest BCUT2D eigenvalue weighted by atomic mass is 10.0. The predicted octanol–water partition coefficient (Wildman–Crippen LogP) is 1.50. The number of amidine groups is 1. The molecule has 2 aromatic rings. The summed E-state index contributed by atoms with van der Waals surface area (Å²) in [5, 5.41) is 11.8. The maximum Gasteiger partial charge on any atom is 0.271 e. The van der Waals surface area contributed by atoms with Crippen LogP contribution in [0, 0.1) is 0 Å². The fourth-order valence-corrected chi connectivity index (χ4v) is 4.43. The highest BCUT2D eigenvalue weighted by Gasteiger charge is 2.51. The van der Waals surface area contributed by atoms with Crippen molar-refractivity contribution in [3.8, 4) is 5.75 Å². The molecule has 2 aliphatic heterocycles. The van der Waals surface area contributed by atoms with E-state index in [2.05, 4.69) is 49.7 Å². The van der Waals surface area contributed by atoms with E-state index < -0.39 is 5.72 Å². The molecule has 0 spiro atoms. The minimum atomic E-state index is -1.02. The van der Waals surface area contributed by atoms with Crippen LogP contribution in [0.15, 0.2) is 53.0 Å². The van der Waals surface area contributed by atoms with Crippen molar-refractivity contribution in [1.82, 2.24) is 0 Å². The van der Waals surface area contributed by atoms with Crippen LogP contribution in [-0.2, 0) is 5.72 Å². The Morgan fingerprint density at radius 1 is 1.07 bits per heavy atom. The number of aliphatic hydroxyl groups is 1. The molecule has 28 heavy (non-hydrogen) atoms. The topological polar surface area (TPSA) is 35.7 Å². The first-order valence-electron chi connectivity index (χ1n) is 9.74. The second-order valence-electron chi connectivity index (χ2n) is 7.22. The van der Waals surface area contributed by atoms with Crippen LogP contribution in [0.3, 0.4) is 0 Å². The van der Waals surface area contributed by atoms with Crippen LogP contribution in [0.1, 0.15) is 38.2 Å². The molecule has 2 aliphatic rings. The van der Waals surface area contributed by atoms with Crippen LogP contribution in [0.4, 0.5) is 5.69 Å². The van der Waals surface area contributed by atoms with Crippen molar-refractivity contribution in [2.45, 2.75) is 38.3 Å². The SMILES string of the molecule is CCOc1ccc(C2(O)CN(c3ccc(Br)cc3)C3=[N+]2CCCCC3)cc1.[Br-]. The maximum atomic E-state index is 11.8.